The van der Waals surface area contributed by atoms with Crippen molar-refractivity contribution in [2.45, 2.75) is 32.6 Å². The summed E-state index contributed by atoms with van der Waals surface area (Å²) in [6, 6.07) is 20.2. The lowest BCUT2D eigenvalue weighted by molar-refractivity contribution is -0.146. The van der Waals surface area contributed by atoms with Crippen molar-refractivity contribution in [1.29, 1.82) is 0 Å². The van der Waals surface area contributed by atoms with Gasteiger partial charge >= 0.3 is 5.97 Å². The number of hydrogen-bond acceptors (Lipinski definition) is 3. The van der Waals surface area contributed by atoms with Gasteiger partial charge in [0.05, 0.1) is 13.0 Å². The molecule has 2 rings (SSSR count). The van der Waals surface area contributed by atoms with E-state index in [0.717, 1.165) is 17.5 Å². The summed E-state index contributed by atoms with van der Waals surface area (Å²) < 4.78 is 4.81. The molecule has 0 aliphatic carbocycles. The van der Waals surface area contributed by atoms with Crippen molar-refractivity contribution in [1.82, 2.24) is 4.90 Å². The maximum Gasteiger partial charge on any atom is 0.310 e. The minimum Gasteiger partial charge on any atom is -0.469 e. The number of hydrogen-bond donors (Lipinski definition) is 0. The summed E-state index contributed by atoms with van der Waals surface area (Å²) in [4.78, 5) is 26.7. The number of nitrogens with zero attached hydrogens (tertiary/aromatic N) is 1. The molecule has 2 aromatic carbocycles. The molecule has 4 nitrogen and oxygen atoms in total. The molecule has 0 heterocycles. The Bertz CT molecular complexity index is 675. The highest BCUT2D eigenvalue weighted by molar-refractivity contribution is 5.79. The van der Waals surface area contributed by atoms with Gasteiger partial charge in [0.25, 0.3) is 0 Å². The fourth-order valence-electron chi connectivity index (χ4n) is 3.30. The third-order valence-electron chi connectivity index (χ3n) is 4.73. The third kappa shape index (κ3) is 5.95. The zero-order chi connectivity index (χ0) is 19.6. The Kier molecular flexibility index (Phi) is 8.05. The Hall–Kier alpha value is -2.62. The van der Waals surface area contributed by atoms with Crippen LogP contribution in [0.3, 0.4) is 0 Å². The Morgan fingerprint density at radius 1 is 0.963 bits per heavy atom. The predicted molar refractivity (Wildman–Crippen MR) is 107 cm³/mol. The second-order valence-electron chi connectivity index (χ2n) is 6.84. The highest BCUT2D eigenvalue weighted by atomic mass is 16.5. The Morgan fingerprint density at radius 2 is 1.48 bits per heavy atom. The average Bonchev–Trinajstić information content (AvgIpc) is 2.72. The second-order valence-corrected chi connectivity index (χ2v) is 6.84. The van der Waals surface area contributed by atoms with Crippen molar-refractivity contribution < 1.29 is 14.3 Å². The van der Waals surface area contributed by atoms with Gasteiger partial charge < -0.3 is 9.64 Å². The molecular weight excluding hydrogens is 338 g/mol. The summed E-state index contributed by atoms with van der Waals surface area (Å²) >= 11 is 0. The van der Waals surface area contributed by atoms with Gasteiger partial charge in [0.2, 0.25) is 5.91 Å². The van der Waals surface area contributed by atoms with Gasteiger partial charge in [0.1, 0.15) is 0 Å². The van der Waals surface area contributed by atoms with Crippen LogP contribution in [0, 0.1) is 5.92 Å². The second kappa shape index (κ2) is 10.5. The molecule has 1 atom stereocenters. The lowest BCUT2D eigenvalue weighted by atomic mass is 9.88. The summed E-state index contributed by atoms with van der Waals surface area (Å²) in [7, 11) is 1.38. The van der Waals surface area contributed by atoms with Crippen LogP contribution >= 0.6 is 0 Å². The van der Waals surface area contributed by atoms with Crippen LogP contribution in [-0.2, 0) is 14.3 Å². The predicted octanol–water partition coefficient (Wildman–Crippen LogP) is 4.26. The zero-order valence-corrected chi connectivity index (χ0v) is 16.4. The van der Waals surface area contributed by atoms with E-state index >= 15 is 0 Å². The summed E-state index contributed by atoms with van der Waals surface area (Å²) in [5.74, 6) is -0.568. The van der Waals surface area contributed by atoms with E-state index in [1.54, 1.807) is 11.8 Å². The largest absolute Gasteiger partial charge is 0.469 e. The van der Waals surface area contributed by atoms with Crippen molar-refractivity contribution in [2.24, 2.45) is 5.92 Å². The van der Waals surface area contributed by atoms with Crippen LogP contribution in [0.25, 0.3) is 0 Å². The van der Waals surface area contributed by atoms with E-state index in [9.17, 15) is 9.59 Å². The van der Waals surface area contributed by atoms with Crippen LogP contribution in [-0.4, -0.2) is 37.0 Å². The summed E-state index contributed by atoms with van der Waals surface area (Å²) in [5, 5.41) is 0. The molecule has 2 aromatic rings. The first-order valence-electron chi connectivity index (χ1n) is 9.52. The molecule has 1 amide bonds. The molecule has 27 heavy (non-hydrogen) atoms. The third-order valence-corrected chi connectivity index (χ3v) is 4.73. The number of ether oxygens (including phenoxy) is 1. The number of benzene rings is 2. The molecule has 0 radical (unpaired) electrons. The lowest BCUT2D eigenvalue weighted by Gasteiger charge is -2.27. The Balaban J connectivity index is 2.21. The van der Waals surface area contributed by atoms with E-state index in [4.69, 9.17) is 4.74 Å². The zero-order valence-electron chi connectivity index (χ0n) is 16.4. The van der Waals surface area contributed by atoms with Crippen LogP contribution in [0.2, 0.25) is 0 Å². The standard InChI is InChI=1S/C23H29NO3/c1-4-15-24(17-18(2)23(26)27-3)22(25)16-21(19-11-7-5-8-12-19)20-13-9-6-10-14-20/h5-14,18,21H,4,15-17H2,1-3H3. The number of rotatable bonds is 9. The van der Waals surface area contributed by atoms with Crippen molar-refractivity contribution in [3.8, 4) is 0 Å². The van der Waals surface area contributed by atoms with Crippen LogP contribution in [0.5, 0.6) is 0 Å². The Morgan fingerprint density at radius 3 is 1.93 bits per heavy atom. The van der Waals surface area contributed by atoms with Gasteiger partial charge in [-0.05, 0) is 17.5 Å². The average molecular weight is 367 g/mol. The topological polar surface area (TPSA) is 46.6 Å². The summed E-state index contributed by atoms with van der Waals surface area (Å²) in [5.41, 5.74) is 2.24. The van der Waals surface area contributed by atoms with E-state index in [-0.39, 0.29) is 23.7 Å². The maximum atomic E-state index is 13.1. The maximum absolute atomic E-state index is 13.1. The molecule has 1 unspecified atom stereocenters. The van der Waals surface area contributed by atoms with Gasteiger partial charge in [-0.1, -0.05) is 74.5 Å². The minimum atomic E-state index is -0.336. The molecule has 0 saturated carbocycles. The van der Waals surface area contributed by atoms with Gasteiger partial charge in [0, 0.05) is 25.4 Å². The van der Waals surface area contributed by atoms with Gasteiger partial charge in [0.15, 0.2) is 0 Å². The first kappa shape index (κ1) is 20.7. The number of amides is 1. The van der Waals surface area contributed by atoms with Crippen molar-refractivity contribution in [3.63, 3.8) is 0 Å². The van der Waals surface area contributed by atoms with Gasteiger partial charge in [-0.25, -0.2) is 0 Å². The molecule has 0 aromatic heterocycles. The fourth-order valence-corrected chi connectivity index (χ4v) is 3.30. The monoisotopic (exact) mass is 367 g/mol. The SMILES string of the molecule is CCCN(CC(C)C(=O)OC)C(=O)CC(c1ccccc1)c1ccccc1. The van der Waals surface area contributed by atoms with Crippen LogP contribution < -0.4 is 0 Å². The van der Waals surface area contributed by atoms with Gasteiger partial charge in [-0.15, -0.1) is 0 Å². The van der Waals surface area contributed by atoms with Gasteiger partial charge in [-0.3, -0.25) is 9.59 Å². The number of carbonyl (C=O) groups is 2. The van der Waals surface area contributed by atoms with Crippen LogP contribution in [0.4, 0.5) is 0 Å². The van der Waals surface area contributed by atoms with Crippen LogP contribution in [0.1, 0.15) is 43.7 Å². The highest BCUT2D eigenvalue weighted by Crippen LogP contribution is 2.28. The lowest BCUT2D eigenvalue weighted by Crippen LogP contribution is -2.38. The minimum absolute atomic E-state index is 0.00677. The molecule has 0 aliphatic rings. The molecule has 0 N–H and O–H groups in total. The molecule has 4 heteroatoms. The molecule has 0 aliphatic heterocycles. The fraction of sp³-hybridized carbons (Fsp3) is 0.391. The van der Waals surface area contributed by atoms with Crippen LogP contribution in [0.15, 0.2) is 60.7 Å². The first-order valence-corrected chi connectivity index (χ1v) is 9.52. The van der Waals surface area contributed by atoms with E-state index in [2.05, 4.69) is 24.3 Å². The number of methoxy groups -OCH3 is 1. The molecule has 0 fully saturated rings. The molecule has 0 saturated heterocycles. The summed E-state index contributed by atoms with van der Waals surface area (Å²) in [6.07, 6.45) is 1.23. The summed E-state index contributed by atoms with van der Waals surface area (Å²) in [6.45, 7) is 4.86. The van der Waals surface area contributed by atoms with Crippen molar-refractivity contribution >= 4 is 11.9 Å². The molecule has 0 bridgehead atoms. The first-order chi connectivity index (χ1) is 13.1. The number of esters is 1. The van der Waals surface area contributed by atoms with E-state index in [1.165, 1.54) is 7.11 Å². The molecule has 144 valence electrons. The van der Waals surface area contributed by atoms with Crippen molar-refractivity contribution in [3.05, 3.63) is 71.8 Å². The Labute approximate surface area is 162 Å². The molecule has 0 spiro atoms. The van der Waals surface area contributed by atoms with Crippen molar-refractivity contribution in [2.75, 3.05) is 20.2 Å². The number of carbonyl (C=O) groups excluding carboxylic acids is 2. The van der Waals surface area contributed by atoms with E-state index in [1.807, 2.05) is 43.3 Å². The smallest absolute Gasteiger partial charge is 0.310 e. The normalized spacial score (nSPS) is 11.9. The van der Waals surface area contributed by atoms with E-state index in [0.29, 0.717) is 19.5 Å². The van der Waals surface area contributed by atoms with Gasteiger partial charge in [-0.2, -0.15) is 0 Å². The molecular formula is C23H29NO3. The highest BCUT2D eigenvalue weighted by Gasteiger charge is 2.25. The van der Waals surface area contributed by atoms with E-state index < -0.39 is 0 Å². The quantitative estimate of drug-likeness (QED) is 0.622.